The zero-order valence-corrected chi connectivity index (χ0v) is 13.8. The molecule has 0 unspecified atom stereocenters. The number of anilines is 1. The van der Waals surface area contributed by atoms with Gasteiger partial charge in [0.2, 0.25) is 0 Å². The molecule has 1 heterocycles. The van der Waals surface area contributed by atoms with Crippen LogP contribution in [0.1, 0.15) is 47.7 Å². The van der Waals surface area contributed by atoms with E-state index in [0.717, 1.165) is 17.7 Å². The van der Waals surface area contributed by atoms with Crippen molar-refractivity contribution in [3.05, 3.63) is 71.3 Å². The summed E-state index contributed by atoms with van der Waals surface area (Å²) in [4.78, 5) is 24.5. The summed E-state index contributed by atoms with van der Waals surface area (Å²) in [5, 5.41) is 2.78. The van der Waals surface area contributed by atoms with Crippen LogP contribution in [0.3, 0.4) is 0 Å². The third-order valence-corrected chi connectivity index (χ3v) is 4.29. The van der Waals surface area contributed by atoms with Crippen LogP contribution in [0.5, 0.6) is 0 Å². The number of carbonyl (C=O) groups is 2. The van der Waals surface area contributed by atoms with Gasteiger partial charge < -0.3 is 5.32 Å². The fourth-order valence-corrected chi connectivity index (χ4v) is 2.91. The van der Waals surface area contributed by atoms with Crippen LogP contribution in [0, 0.1) is 0 Å². The molecular formula is C21H21NO2. The van der Waals surface area contributed by atoms with E-state index in [-0.39, 0.29) is 11.7 Å². The van der Waals surface area contributed by atoms with Crippen LogP contribution < -0.4 is 5.32 Å². The van der Waals surface area contributed by atoms with Crippen molar-refractivity contribution in [1.29, 1.82) is 0 Å². The molecule has 0 saturated carbocycles. The van der Waals surface area contributed by atoms with E-state index in [2.05, 4.69) is 12.2 Å². The summed E-state index contributed by atoms with van der Waals surface area (Å²) in [6.45, 7) is 2.19. The average molecular weight is 319 g/mol. The maximum Gasteiger partial charge on any atom is 0.256 e. The molecule has 0 atom stereocenters. The van der Waals surface area contributed by atoms with Crippen molar-refractivity contribution in [2.75, 3.05) is 5.32 Å². The zero-order valence-electron chi connectivity index (χ0n) is 13.8. The van der Waals surface area contributed by atoms with Crippen molar-refractivity contribution in [2.45, 2.75) is 32.6 Å². The first-order chi connectivity index (χ1) is 11.7. The van der Waals surface area contributed by atoms with Gasteiger partial charge in [0.1, 0.15) is 0 Å². The van der Waals surface area contributed by atoms with Crippen molar-refractivity contribution >= 4 is 23.0 Å². The monoisotopic (exact) mass is 319 g/mol. The van der Waals surface area contributed by atoms with Crippen LogP contribution in [-0.4, -0.2) is 11.7 Å². The van der Waals surface area contributed by atoms with Crippen LogP contribution in [0.4, 0.5) is 5.69 Å². The van der Waals surface area contributed by atoms with Crippen molar-refractivity contribution in [2.24, 2.45) is 0 Å². The number of carbonyl (C=O) groups excluding carboxylic acids is 2. The van der Waals surface area contributed by atoms with Gasteiger partial charge in [0.25, 0.3) is 5.91 Å². The van der Waals surface area contributed by atoms with Crippen molar-refractivity contribution in [3.8, 4) is 0 Å². The number of hydrogen-bond acceptors (Lipinski definition) is 2. The predicted molar refractivity (Wildman–Crippen MR) is 97.1 cm³/mol. The highest BCUT2D eigenvalue weighted by molar-refractivity contribution is 6.35. The van der Waals surface area contributed by atoms with E-state index >= 15 is 0 Å². The molecule has 2 aromatic rings. The lowest BCUT2D eigenvalue weighted by Gasteiger charge is -2.03. The largest absolute Gasteiger partial charge is 0.321 e. The van der Waals surface area contributed by atoms with Crippen LogP contribution >= 0.6 is 0 Å². The molecule has 0 spiro atoms. The SMILES string of the molecule is CCCCCc1ccc(C(=O)C=C2C(=O)Nc3ccccc32)cc1. The molecule has 1 aliphatic heterocycles. The highest BCUT2D eigenvalue weighted by Crippen LogP contribution is 2.31. The number of nitrogens with one attached hydrogen (secondary N) is 1. The number of rotatable bonds is 6. The summed E-state index contributed by atoms with van der Waals surface area (Å²) in [5.41, 5.74) is 3.83. The molecule has 1 amide bonds. The number of unbranched alkanes of at least 4 members (excludes halogenated alkanes) is 2. The van der Waals surface area contributed by atoms with Crippen LogP contribution in [-0.2, 0) is 11.2 Å². The molecule has 0 fully saturated rings. The minimum atomic E-state index is -0.222. The third kappa shape index (κ3) is 3.46. The fourth-order valence-electron chi connectivity index (χ4n) is 2.91. The maximum absolute atomic E-state index is 12.5. The van der Waals surface area contributed by atoms with Gasteiger partial charge in [0.15, 0.2) is 5.78 Å². The van der Waals surface area contributed by atoms with Crippen LogP contribution in [0.15, 0.2) is 54.6 Å². The summed E-state index contributed by atoms with van der Waals surface area (Å²) < 4.78 is 0. The molecule has 0 bridgehead atoms. The van der Waals surface area contributed by atoms with Gasteiger partial charge in [-0.1, -0.05) is 62.2 Å². The number of para-hydroxylation sites is 1. The first kappa shape index (κ1) is 16.2. The molecule has 3 rings (SSSR count). The number of benzene rings is 2. The summed E-state index contributed by atoms with van der Waals surface area (Å²) in [6, 6.07) is 15.1. The molecule has 3 heteroatoms. The van der Waals surface area contributed by atoms with Gasteiger partial charge in [0, 0.05) is 16.8 Å². The minimum absolute atomic E-state index is 0.142. The Hall–Kier alpha value is -2.68. The highest BCUT2D eigenvalue weighted by atomic mass is 16.2. The van der Waals surface area contributed by atoms with E-state index in [1.165, 1.54) is 30.9 Å². The van der Waals surface area contributed by atoms with Crippen molar-refractivity contribution in [1.82, 2.24) is 0 Å². The summed E-state index contributed by atoms with van der Waals surface area (Å²) >= 11 is 0. The van der Waals surface area contributed by atoms with Gasteiger partial charge in [-0.15, -0.1) is 0 Å². The summed E-state index contributed by atoms with van der Waals surface area (Å²) in [6.07, 6.45) is 6.08. The van der Waals surface area contributed by atoms with Crippen LogP contribution in [0.25, 0.3) is 5.57 Å². The van der Waals surface area contributed by atoms with E-state index in [9.17, 15) is 9.59 Å². The predicted octanol–water partition coefficient (Wildman–Crippen LogP) is 4.64. The van der Waals surface area contributed by atoms with Gasteiger partial charge in [0.05, 0.1) is 5.57 Å². The second-order valence-corrected chi connectivity index (χ2v) is 6.08. The second-order valence-electron chi connectivity index (χ2n) is 6.08. The van der Waals surface area contributed by atoms with Gasteiger partial charge in [-0.05, 0) is 30.5 Å². The second kappa shape index (κ2) is 7.26. The molecule has 0 radical (unpaired) electrons. The van der Waals surface area contributed by atoms with E-state index in [0.29, 0.717) is 11.1 Å². The molecule has 0 aromatic heterocycles. The lowest BCUT2D eigenvalue weighted by atomic mass is 10.0. The average Bonchev–Trinajstić information content (AvgIpc) is 2.91. The fraction of sp³-hybridized carbons (Fsp3) is 0.238. The topological polar surface area (TPSA) is 46.2 Å². The lowest BCUT2D eigenvalue weighted by molar-refractivity contribution is -0.110. The standard InChI is InChI=1S/C21H21NO2/c1-2-3-4-7-15-10-12-16(13-11-15)20(23)14-18-17-8-5-6-9-19(17)22-21(18)24/h5-6,8-14H,2-4,7H2,1H3,(H,22,24). The normalized spacial score (nSPS) is 14.5. The first-order valence-corrected chi connectivity index (χ1v) is 8.44. The molecule has 0 aliphatic carbocycles. The quantitative estimate of drug-likeness (QED) is 0.479. The Bertz CT molecular complexity index is 788. The number of fused-ring (bicyclic) bond motifs is 1. The van der Waals surface area contributed by atoms with E-state index < -0.39 is 0 Å². The third-order valence-electron chi connectivity index (χ3n) is 4.29. The molecule has 3 nitrogen and oxygen atoms in total. The highest BCUT2D eigenvalue weighted by Gasteiger charge is 2.24. The Morgan fingerprint density at radius 2 is 1.79 bits per heavy atom. The molecule has 2 aromatic carbocycles. The Kier molecular flexibility index (Phi) is 4.90. The maximum atomic E-state index is 12.5. The van der Waals surface area contributed by atoms with E-state index in [4.69, 9.17) is 0 Å². The molecule has 1 aliphatic rings. The number of allylic oxidation sites excluding steroid dienone is 1. The van der Waals surface area contributed by atoms with E-state index in [1.54, 1.807) is 0 Å². The smallest absolute Gasteiger partial charge is 0.256 e. The molecule has 0 saturated heterocycles. The molecule has 1 N–H and O–H groups in total. The van der Waals surface area contributed by atoms with Gasteiger partial charge in [-0.25, -0.2) is 0 Å². The summed E-state index contributed by atoms with van der Waals surface area (Å²) in [7, 11) is 0. The first-order valence-electron chi connectivity index (χ1n) is 8.44. The minimum Gasteiger partial charge on any atom is -0.321 e. The van der Waals surface area contributed by atoms with Gasteiger partial charge in [-0.2, -0.15) is 0 Å². The number of aryl methyl sites for hydroxylation is 1. The zero-order chi connectivity index (χ0) is 16.9. The van der Waals surface area contributed by atoms with Gasteiger partial charge in [-0.3, -0.25) is 9.59 Å². The Balaban J connectivity index is 1.76. The number of amides is 1. The Morgan fingerprint density at radius 3 is 2.54 bits per heavy atom. The summed E-state index contributed by atoms with van der Waals surface area (Å²) in [5.74, 6) is -0.363. The Morgan fingerprint density at radius 1 is 1.04 bits per heavy atom. The number of ketones is 1. The van der Waals surface area contributed by atoms with Crippen LogP contribution in [0.2, 0.25) is 0 Å². The molecule has 122 valence electrons. The van der Waals surface area contributed by atoms with Crippen molar-refractivity contribution < 1.29 is 9.59 Å². The van der Waals surface area contributed by atoms with Gasteiger partial charge >= 0.3 is 0 Å². The number of hydrogen-bond donors (Lipinski definition) is 1. The van der Waals surface area contributed by atoms with E-state index in [1.807, 2.05) is 48.5 Å². The Labute approximate surface area is 142 Å². The molecular weight excluding hydrogens is 298 g/mol. The van der Waals surface area contributed by atoms with Crippen molar-refractivity contribution in [3.63, 3.8) is 0 Å². The molecule has 24 heavy (non-hydrogen) atoms. The lowest BCUT2D eigenvalue weighted by Crippen LogP contribution is -2.06.